The van der Waals surface area contributed by atoms with Crippen LogP contribution in [-0.4, -0.2) is 36.2 Å². The number of hydrogen-bond acceptors (Lipinski definition) is 3. The van der Waals surface area contributed by atoms with Crippen molar-refractivity contribution in [1.29, 1.82) is 0 Å². The number of Topliss-reactive ketones (excluding diaryl/α,β-unsaturated/α-hetero) is 1. The molecule has 0 radical (unpaired) electrons. The maximum absolute atomic E-state index is 12.8. The van der Waals surface area contributed by atoms with Crippen LogP contribution in [0.5, 0.6) is 0 Å². The van der Waals surface area contributed by atoms with E-state index in [-0.39, 0.29) is 25.2 Å². The molecule has 1 amide bonds. The first-order valence-electron chi connectivity index (χ1n) is 11.9. The van der Waals surface area contributed by atoms with Crippen LogP contribution < -0.4 is 5.32 Å². The van der Waals surface area contributed by atoms with Crippen molar-refractivity contribution in [2.45, 2.75) is 52.4 Å². The SMILES string of the molecule is C.O=C(Cc1ccc(-c2ccc(NC(=O)[C@H]3CN4CCC3CC4)cc2)cc1)C1CCCC1. The van der Waals surface area contributed by atoms with Gasteiger partial charge in [-0.1, -0.05) is 56.7 Å². The number of hydrogen-bond donors (Lipinski definition) is 1. The molecule has 6 rings (SSSR count). The predicted molar refractivity (Wildman–Crippen MR) is 131 cm³/mol. The molecule has 1 N–H and O–H groups in total. The summed E-state index contributed by atoms with van der Waals surface area (Å²) in [7, 11) is 0. The van der Waals surface area contributed by atoms with E-state index in [1.54, 1.807) is 0 Å². The molecule has 0 spiro atoms. The van der Waals surface area contributed by atoms with E-state index in [4.69, 9.17) is 0 Å². The molecule has 3 heterocycles. The number of carbonyl (C=O) groups is 2. The van der Waals surface area contributed by atoms with E-state index in [0.717, 1.165) is 67.7 Å². The summed E-state index contributed by atoms with van der Waals surface area (Å²) in [6, 6.07) is 16.4. The van der Waals surface area contributed by atoms with Gasteiger partial charge < -0.3 is 10.2 Å². The number of fused-ring (bicyclic) bond motifs is 3. The minimum Gasteiger partial charge on any atom is -0.326 e. The molecule has 4 heteroatoms. The van der Waals surface area contributed by atoms with Gasteiger partial charge in [0.2, 0.25) is 5.91 Å². The normalized spacial score (nSPS) is 24.7. The highest BCUT2D eigenvalue weighted by atomic mass is 16.2. The number of nitrogens with one attached hydrogen (secondary N) is 1. The average Bonchev–Trinajstić information content (AvgIpc) is 3.36. The smallest absolute Gasteiger partial charge is 0.229 e. The van der Waals surface area contributed by atoms with E-state index in [1.807, 2.05) is 12.1 Å². The van der Waals surface area contributed by atoms with Crippen LogP contribution in [0.4, 0.5) is 5.69 Å². The summed E-state index contributed by atoms with van der Waals surface area (Å²) in [4.78, 5) is 27.6. The van der Waals surface area contributed by atoms with E-state index in [0.29, 0.717) is 18.1 Å². The molecule has 4 nitrogen and oxygen atoms in total. The Labute approximate surface area is 192 Å². The average molecular weight is 433 g/mol. The lowest BCUT2D eigenvalue weighted by molar-refractivity contribution is -0.125. The highest BCUT2D eigenvalue weighted by Crippen LogP contribution is 2.33. The Morgan fingerprint density at radius 3 is 2.00 bits per heavy atom. The largest absolute Gasteiger partial charge is 0.326 e. The summed E-state index contributed by atoms with van der Waals surface area (Å²) >= 11 is 0. The Morgan fingerprint density at radius 1 is 0.844 bits per heavy atom. The van der Waals surface area contributed by atoms with Crippen molar-refractivity contribution in [3.05, 3.63) is 54.1 Å². The molecule has 2 bridgehead atoms. The quantitative estimate of drug-likeness (QED) is 0.649. The first kappa shape index (κ1) is 22.7. The zero-order chi connectivity index (χ0) is 21.2. The third kappa shape index (κ3) is 4.96. The summed E-state index contributed by atoms with van der Waals surface area (Å²) in [6.45, 7) is 3.21. The summed E-state index contributed by atoms with van der Waals surface area (Å²) in [5.41, 5.74) is 4.22. The standard InChI is InChI=1S/C27H32N2O2.CH4/c30-26(23-3-1-2-4-23)17-19-5-7-20(8-6-19)21-9-11-24(12-10-21)28-27(31)25-18-29-15-13-22(25)14-16-29;/h5-12,22-23,25H,1-4,13-18H2,(H,28,31);1H4/t25-;/m0./s1. The zero-order valence-electron chi connectivity index (χ0n) is 18.2. The molecule has 4 fully saturated rings. The van der Waals surface area contributed by atoms with Crippen molar-refractivity contribution < 1.29 is 9.59 Å². The van der Waals surface area contributed by atoms with Gasteiger partial charge in [0.1, 0.15) is 5.78 Å². The third-order valence-corrected chi connectivity index (χ3v) is 7.62. The molecule has 2 aromatic carbocycles. The van der Waals surface area contributed by atoms with E-state index < -0.39 is 0 Å². The van der Waals surface area contributed by atoms with Gasteiger partial charge in [0.15, 0.2) is 0 Å². The van der Waals surface area contributed by atoms with Crippen LogP contribution in [0.3, 0.4) is 0 Å². The van der Waals surface area contributed by atoms with Crippen LogP contribution >= 0.6 is 0 Å². The second-order valence-electron chi connectivity index (χ2n) is 9.63. The van der Waals surface area contributed by atoms with Crippen molar-refractivity contribution in [3.8, 4) is 11.1 Å². The molecule has 1 atom stereocenters. The lowest BCUT2D eigenvalue weighted by Gasteiger charge is -2.43. The fourth-order valence-electron chi connectivity index (χ4n) is 5.65. The van der Waals surface area contributed by atoms with E-state index in [9.17, 15) is 9.59 Å². The van der Waals surface area contributed by atoms with Gasteiger partial charge in [0.05, 0.1) is 5.92 Å². The lowest BCUT2D eigenvalue weighted by atomic mass is 9.78. The van der Waals surface area contributed by atoms with Gasteiger partial charge in [-0.25, -0.2) is 0 Å². The Hall–Kier alpha value is -2.46. The Balaban J connectivity index is 0.00000245. The van der Waals surface area contributed by atoms with Crippen LogP contribution in [0.1, 0.15) is 51.5 Å². The number of carbonyl (C=O) groups excluding carboxylic acids is 2. The minimum atomic E-state index is 0. The summed E-state index contributed by atoms with van der Waals surface area (Å²) in [5.74, 6) is 1.51. The van der Waals surface area contributed by atoms with Gasteiger partial charge in [-0.05, 0) is 73.5 Å². The monoisotopic (exact) mass is 432 g/mol. The van der Waals surface area contributed by atoms with Crippen LogP contribution in [0.25, 0.3) is 11.1 Å². The lowest BCUT2D eigenvalue weighted by Crippen LogP contribution is -2.51. The predicted octanol–water partition coefficient (Wildman–Crippen LogP) is 5.57. The van der Waals surface area contributed by atoms with Crippen LogP contribution in [0.2, 0.25) is 0 Å². The molecule has 3 aliphatic heterocycles. The molecule has 170 valence electrons. The highest BCUT2D eigenvalue weighted by Gasteiger charge is 2.38. The molecule has 0 unspecified atom stereocenters. The molecule has 32 heavy (non-hydrogen) atoms. The summed E-state index contributed by atoms with van der Waals surface area (Å²) in [6.07, 6.45) is 7.39. The van der Waals surface area contributed by atoms with E-state index >= 15 is 0 Å². The number of amides is 1. The summed E-state index contributed by atoms with van der Waals surface area (Å²) in [5, 5.41) is 3.13. The first-order chi connectivity index (χ1) is 15.2. The van der Waals surface area contributed by atoms with Crippen molar-refractivity contribution in [2.24, 2.45) is 17.8 Å². The molecule has 1 aliphatic carbocycles. The van der Waals surface area contributed by atoms with Crippen LogP contribution in [0, 0.1) is 17.8 Å². The number of ketones is 1. The Morgan fingerprint density at radius 2 is 1.44 bits per heavy atom. The summed E-state index contributed by atoms with van der Waals surface area (Å²) < 4.78 is 0. The van der Waals surface area contributed by atoms with Crippen molar-refractivity contribution in [2.75, 3.05) is 25.0 Å². The van der Waals surface area contributed by atoms with E-state index in [1.165, 1.54) is 12.8 Å². The van der Waals surface area contributed by atoms with Crippen molar-refractivity contribution in [3.63, 3.8) is 0 Å². The maximum Gasteiger partial charge on any atom is 0.229 e. The van der Waals surface area contributed by atoms with Gasteiger partial charge in [0.25, 0.3) is 0 Å². The van der Waals surface area contributed by atoms with Gasteiger partial charge in [-0.15, -0.1) is 0 Å². The molecule has 3 saturated heterocycles. The van der Waals surface area contributed by atoms with Crippen molar-refractivity contribution in [1.82, 2.24) is 4.90 Å². The maximum atomic E-state index is 12.8. The van der Waals surface area contributed by atoms with Crippen molar-refractivity contribution >= 4 is 17.4 Å². The van der Waals surface area contributed by atoms with Gasteiger partial charge in [-0.3, -0.25) is 9.59 Å². The first-order valence-corrected chi connectivity index (χ1v) is 11.9. The van der Waals surface area contributed by atoms with Gasteiger partial charge in [-0.2, -0.15) is 0 Å². The van der Waals surface area contributed by atoms with Crippen LogP contribution in [-0.2, 0) is 16.0 Å². The molecule has 2 aromatic rings. The molecule has 0 aromatic heterocycles. The molecule has 1 saturated carbocycles. The third-order valence-electron chi connectivity index (χ3n) is 7.62. The number of anilines is 1. The Bertz CT molecular complexity index is 921. The zero-order valence-corrected chi connectivity index (χ0v) is 18.2. The number of benzene rings is 2. The molecular formula is C28H36N2O2. The number of piperidine rings is 3. The number of nitrogens with zero attached hydrogens (tertiary/aromatic N) is 1. The van der Waals surface area contributed by atoms with Gasteiger partial charge >= 0.3 is 0 Å². The fourth-order valence-corrected chi connectivity index (χ4v) is 5.65. The fraction of sp³-hybridized carbons (Fsp3) is 0.500. The molecule has 4 aliphatic rings. The number of rotatable bonds is 6. The highest BCUT2D eigenvalue weighted by molar-refractivity contribution is 5.93. The molecular weight excluding hydrogens is 396 g/mol. The second-order valence-corrected chi connectivity index (χ2v) is 9.63. The second kappa shape index (κ2) is 9.99. The van der Waals surface area contributed by atoms with Gasteiger partial charge in [0, 0.05) is 24.6 Å². The van der Waals surface area contributed by atoms with Crippen LogP contribution in [0.15, 0.2) is 48.5 Å². The van der Waals surface area contributed by atoms with E-state index in [2.05, 4.69) is 46.6 Å². The topological polar surface area (TPSA) is 49.4 Å². The minimum absolute atomic E-state index is 0. The Kier molecular flexibility index (Phi) is 7.10.